The van der Waals surface area contributed by atoms with Gasteiger partial charge in [-0.1, -0.05) is 23.7 Å². The summed E-state index contributed by atoms with van der Waals surface area (Å²) in [5.74, 6) is 0.397. The van der Waals surface area contributed by atoms with Crippen LogP contribution < -0.4 is 10.2 Å². The van der Waals surface area contributed by atoms with Gasteiger partial charge in [0.15, 0.2) is 5.43 Å². The summed E-state index contributed by atoms with van der Waals surface area (Å²) in [5, 5.41) is 1.02. The highest BCUT2D eigenvalue weighted by Gasteiger charge is 2.42. The first-order valence-electron chi connectivity index (χ1n) is 11.1. The van der Waals surface area contributed by atoms with Crippen molar-refractivity contribution in [2.24, 2.45) is 0 Å². The molecule has 0 unspecified atom stereocenters. The molecule has 1 fully saturated rings. The van der Waals surface area contributed by atoms with Crippen LogP contribution in [0.5, 0.6) is 5.75 Å². The Kier molecular flexibility index (Phi) is 6.10. The van der Waals surface area contributed by atoms with Gasteiger partial charge in [0.05, 0.1) is 37.3 Å². The van der Waals surface area contributed by atoms with Crippen LogP contribution in [0.25, 0.3) is 11.0 Å². The summed E-state index contributed by atoms with van der Waals surface area (Å²) in [5.41, 5.74) is 1.36. The molecule has 1 aromatic heterocycles. The van der Waals surface area contributed by atoms with Gasteiger partial charge in [-0.15, -0.1) is 0 Å². The van der Waals surface area contributed by atoms with Gasteiger partial charge in [0.2, 0.25) is 5.76 Å². The molecule has 2 aliphatic heterocycles. The van der Waals surface area contributed by atoms with Gasteiger partial charge in [-0.3, -0.25) is 14.5 Å². The molecule has 0 aliphatic carbocycles. The van der Waals surface area contributed by atoms with Crippen LogP contribution >= 0.6 is 11.6 Å². The number of methoxy groups -OCH3 is 1. The Labute approximate surface area is 196 Å². The van der Waals surface area contributed by atoms with Gasteiger partial charge in [0.25, 0.3) is 5.91 Å². The summed E-state index contributed by atoms with van der Waals surface area (Å²) in [6, 6.07) is 11.8. The second kappa shape index (κ2) is 9.17. The molecule has 0 bridgehead atoms. The van der Waals surface area contributed by atoms with E-state index in [0.29, 0.717) is 33.8 Å². The number of ether oxygens (including phenoxy) is 2. The molecule has 7 nitrogen and oxygen atoms in total. The maximum absolute atomic E-state index is 13.6. The van der Waals surface area contributed by atoms with E-state index in [0.717, 1.165) is 44.8 Å². The molecule has 1 amide bonds. The fourth-order valence-corrected chi connectivity index (χ4v) is 4.76. The maximum Gasteiger partial charge on any atom is 0.290 e. The molecular formula is C25H25ClN2O5. The van der Waals surface area contributed by atoms with Gasteiger partial charge >= 0.3 is 0 Å². The quantitative estimate of drug-likeness (QED) is 0.549. The summed E-state index contributed by atoms with van der Waals surface area (Å²) in [4.78, 5) is 31.1. The number of halogens is 1. The average molecular weight is 469 g/mol. The highest BCUT2D eigenvalue weighted by atomic mass is 35.5. The largest absolute Gasteiger partial charge is 0.497 e. The minimum Gasteiger partial charge on any atom is -0.497 e. The predicted octanol–water partition coefficient (Wildman–Crippen LogP) is 3.72. The number of hydrogen-bond donors (Lipinski definition) is 0. The van der Waals surface area contributed by atoms with Gasteiger partial charge in [0.1, 0.15) is 11.3 Å². The lowest BCUT2D eigenvalue weighted by atomic mass is 9.98. The van der Waals surface area contributed by atoms with Crippen LogP contribution in [0.4, 0.5) is 0 Å². The number of carbonyl (C=O) groups excluding carboxylic acids is 1. The number of benzene rings is 2. The Morgan fingerprint density at radius 3 is 2.55 bits per heavy atom. The number of nitrogens with zero attached hydrogens (tertiary/aromatic N) is 2. The molecule has 0 N–H and O–H groups in total. The van der Waals surface area contributed by atoms with E-state index < -0.39 is 6.04 Å². The lowest BCUT2D eigenvalue weighted by Gasteiger charge is -2.29. The smallest absolute Gasteiger partial charge is 0.290 e. The average Bonchev–Trinajstić information content (AvgIpc) is 3.12. The van der Waals surface area contributed by atoms with Crippen LogP contribution in [0, 0.1) is 0 Å². The van der Waals surface area contributed by atoms with Gasteiger partial charge < -0.3 is 18.8 Å². The van der Waals surface area contributed by atoms with Crippen LogP contribution in [0.3, 0.4) is 0 Å². The third kappa shape index (κ3) is 4.12. The van der Waals surface area contributed by atoms with Gasteiger partial charge in [0, 0.05) is 37.3 Å². The molecule has 1 atom stereocenters. The van der Waals surface area contributed by atoms with E-state index in [1.165, 1.54) is 0 Å². The first-order valence-corrected chi connectivity index (χ1v) is 11.5. The van der Waals surface area contributed by atoms with Gasteiger partial charge in [-0.05, 0) is 36.2 Å². The molecule has 33 heavy (non-hydrogen) atoms. The minimum atomic E-state index is -0.516. The zero-order valence-corrected chi connectivity index (χ0v) is 19.1. The number of hydrogen-bond acceptors (Lipinski definition) is 6. The van der Waals surface area contributed by atoms with E-state index in [-0.39, 0.29) is 17.1 Å². The second-order valence-corrected chi connectivity index (χ2v) is 8.73. The molecule has 3 heterocycles. The SMILES string of the molecule is COc1ccc2c(=O)c3c(oc2c1)C(=O)N(CCCN1CCOCC1)[C@H]3c1ccc(Cl)cc1. The van der Waals surface area contributed by atoms with Crippen molar-refractivity contribution >= 4 is 28.5 Å². The molecule has 2 aromatic carbocycles. The Morgan fingerprint density at radius 1 is 1.06 bits per heavy atom. The van der Waals surface area contributed by atoms with Crippen LogP contribution in [0.15, 0.2) is 51.7 Å². The summed E-state index contributed by atoms with van der Waals surface area (Å²) in [6.45, 7) is 4.61. The first-order chi connectivity index (χ1) is 16.1. The summed E-state index contributed by atoms with van der Waals surface area (Å²) in [7, 11) is 1.55. The van der Waals surface area contributed by atoms with Gasteiger partial charge in [-0.25, -0.2) is 0 Å². The van der Waals surface area contributed by atoms with E-state index in [4.69, 9.17) is 25.5 Å². The van der Waals surface area contributed by atoms with E-state index >= 15 is 0 Å². The number of morpholine rings is 1. The molecule has 0 saturated carbocycles. The molecule has 3 aromatic rings. The van der Waals surface area contributed by atoms with E-state index in [1.54, 1.807) is 42.3 Å². The molecule has 0 radical (unpaired) electrons. The Balaban J connectivity index is 1.53. The van der Waals surface area contributed by atoms with Crippen LogP contribution in [0.2, 0.25) is 5.02 Å². The molecule has 0 spiro atoms. The van der Waals surface area contributed by atoms with Crippen molar-refractivity contribution < 1.29 is 18.7 Å². The number of amides is 1. The van der Waals surface area contributed by atoms with E-state index in [2.05, 4.69) is 4.90 Å². The monoisotopic (exact) mass is 468 g/mol. The van der Waals surface area contributed by atoms with E-state index in [9.17, 15) is 9.59 Å². The maximum atomic E-state index is 13.6. The van der Waals surface area contributed by atoms with Crippen molar-refractivity contribution in [3.63, 3.8) is 0 Å². The predicted molar refractivity (Wildman–Crippen MR) is 125 cm³/mol. The first kappa shape index (κ1) is 21.9. The fraction of sp³-hybridized carbons (Fsp3) is 0.360. The Bertz CT molecular complexity index is 1230. The zero-order valence-electron chi connectivity index (χ0n) is 18.4. The highest BCUT2D eigenvalue weighted by Crippen LogP contribution is 2.38. The number of carbonyl (C=O) groups is 1. The number of fused-ring (bicyclic) bond motifs is 2. The molecular weight excluding hydrogens is 444 g/mol. The zero-order chi connectivity index (χ0) is 22.9. The third-order valence-corrected chi connectivity index (χ3v) is 6.59. The lowest BCUT2D eigenvalue weighted by molar-refractivity contribution is 0.0353. The van der Waals surface area contributed by atoms with Crippen molar-refractivity contribution in [2.45, 2.75) is 12.5 Å². The third-order valence-electron chi connectivity index (χ3n) is 6.34. The highest BCUT2D eigenvalue weighted by molar-refractivity contribution is 6.30. The summed E-state index contributed by atoms with van der Waals surface area (Å²) < 4.78 is 16.7. The van der Waals surface area contributed by atoms with Crippen molar-refractivity contribution in [2.75, 3.05) is 46.5 Å². The van der Waals surface area contributed by atoms with Crippen molar-refractivity contribution in [1.82, 2.24) is 9.80 Å². The Morgan fingerprint density at radius 2 is 1.82 bits per heavy atom. The van der Waals surface area contributed by atoms with E-state index in [1.807, 2.05) is 12.1 Å². The fourth-order valence-electron chi connectivity index (χ4n) is 4.64. The second-order valence-electron chi connectivity index (χ2n) is 8.30. The van der Waals surface area contributed by atoms with Crippen molar-refractivity contribution in [3.05, 3.63) is 74.6 Å². The topological polar surface area (TPSA) is 72.2 Å². The lowest BCUT2D eigenvalue weighted by Crippen LogP contribution is -2.38. The molecule has 5 rings (SSSR count). The van der Waals surface area contributed by atoms with Crippen molar-refractivity contribution in [3.8, 4) is 5.75 Å². The normalized spacial score (nSPS) is 18.7. The van der Waals surface area contributed by atoms with Gasteiger partial charge in [-0.2, -0.15) is 0 Å². The van der Waals surface area contributed by atoms with Crippen LogP contribution in [-0.4, -0.2) is 62.2 Å². The van der Waals surface area contributed by atoms with Crippen LogP contribution in [0.1, 0.15) is 34.1 Å². The summed E-state index contributed by atoms with van der Waals surface area (Å²) in [6.07, 6.45) is 0.783. The molecule has 8 heteroatoms. The van der Waals surface area contributed by atoms with Crippen LogP contribution in [-0.2, 0) is 4.74 Å². The Hall–Kier alpha value is -2.87. The molecule has 172 valence electrons. The summed E-state index contributed by atoms with van der Waals surface area (Å²) >= 11 is 6.10. The minimum absolute atomic E-state index is 0.104. The number of rotatable bonds is 6. The standard InChI is InChI=1S/C25H25ClN2O5/c1-31-18-7-8-19-20(15-18)33-24-21(23(19)29)22(16-3-5-17(26)6-4-16)28(25(24)30)10-2-9-27-11-13-32-14-12-27/h3-8,15,22H,2,9-14H2,1H3/t22-/m0/s1. The molecule has 2 aliphatic rings. The van der Waals surface area contributed by atoms with Crippen molar-refractivity contribution in [1.29, 1.82) is 0 Å². The molecule has 1 saturated heterocycles.